The fourth-order valence-electron chi connectivity index (χ4n) is 1.75. The van der Waals surface area contributed by atoms with Crippen LogP contribution in [0, 0.1) is 5.82 Å². The fourth-order valence-corrected chi connectivity index (χ4v) is 1.75. The van der Waals surface area contributed by atoms with Crippen LogP contribution in [-0.2, 0) is 0 Å². The van der Waals surface area contributed by atoms with Gasteiger partial charge >= 0.3 is 0 Å². The topological polar surface area (TPSA) is 57.0 Å². The molecule has 2 N–H and O–H groups in total. The van der Waals surface area contributed by atoms with Gasteiger partial charge in [0.1, 0.15) is 17.3 Å². The predicted octanol–water partition coefficient (Wildman–Crippen LogP) is 2.85. The average molecular weight is 243 g/mol. The molecule has 0 spiro atoms. The Kier molecular flexibility index (Phi) is 2.37. The quantitative estimate of drug-likeness (QED) is 0.752. The van der Waals surface area contributed by atoms with Gasteiger partial charge in [0, 0.05) is 6.07 Å². The number of benzene rings is 1. The number of hydrogen-bond acceptors (Lipinski definition) is 3. The maximum Gasteiger partial charge on any atom is 0.154 e. The molecule has 0 aliphatic rings. The maximum absolute atomic E-state index is 13.2. The lowest BCUT2D eigenvalue weighted by Crippen LogP contribution is -2.01. The van der Waals surface area contributed by atoms with E-state index in [1.165, 1.54) is 16.8 Å². The lowest BCUT2D eigenvalue weighted by molar-refractivity contribution is 0.579. The van der Waals surface area contributed by atoms with E-state index in [-0.39, 0.29) is 5.82 Å². The summed E-state index contributed by atoms with van der Waals surface area (Å²) in [5.74, 6) is 0.714. The van der Waals surface area contributed by atoms with Crippen LogP contribution < -0.4 is 5.73 Å². The highest BCUT2D eigenvalue weighted by molar-refractivity contribution is 5.58. The number of anilines is 1. The van der Waals surface area contributed by atoms with Crippen LogP contribution in [0.1, 0.15) is 0 Å². The van der Waals surface area contributed by atoms with Gasteiger partial charge in [0.25, 0.3) is 0 Å². The molecule has 18 heavy (non-hydrogen) atoms. The third-order valence-corrected chi connectivity index (χ3v) is 2.56. The van der Waals surface area contributed by atoms with Crippen molar-refractivity contribution in [2.45, 2.75) is 0 Å². The molecule has 0 fully saturated rings. The molecule has 3 aromatic rings. The maximum atomic E-state index is 13.2. The molecule has 0 bridgehead atoms. The second-order valence-corrected chi connectivity index (χ2v) is 3.82. The summed E-state index contributed by atoms with van der Waals surface area (Å²) < 4.78 is 19.9. The molecule has 0 saturated carbocycles. The SMILES string of the molecule is Nc1cc(-c2ccco2)nn1-c1cccc(F)c1. The van der Waals surface area contributed by atoms with Crippen molar-refractivity contribution in [3.8, 4) is 17.1 Å². The molecule has 0 aliphatic carbocycles. The predicted molar refractivity (Wildman–Crippen MR) is 65.6 cm³/mol. The molecule has 0 radical (unpaired) electrons. The largest absolute Gasteiger partial charge is 0.463 e. The Bertz CT molecular complexity index is 673. The Balaban J connectivity index is 2.09. The Morgan fingerprint density at radius 2 is 2.06 bits per heavy atom. The molecule has 0 aliphatic heterocycles. The minimum atomic E-state index is -0.332. The van der Waals surface area contributed by atoms with Gasteiger partial charge in [0.2, 0.25) is 0 Å². The van der Waals surface area contributed by atoms with E-state index in [4.69, 9.17) is 10.2 Å². The van der Waals surface area contributed by atoms with Gasteiger partial charge in [-0.2, -0.15) is 5.10 Å². The minimum Gasteiger partial charge on any atom is -0.463 e. The van der Waals surface area contributed by atoms with Crippen LogP contribution in [0.2, 0.25) is 0 Å². The Morgan fingerprint density at radius 3 is 2.78 bits per heavy atom. The Morgan fingerprint density at radius 1 is 1.17 bits per heavy atom. The van der Waals surface area contributed by atoms with Crippen molar-refractivity contribution >= 4 is 5.82 Å². The molecule has 0 unspecified atom stereocenters. The highest BCUT2D eigenvalue weighted by Crippen LogP contribution is 2.23. The third kappa shape index (κ3) is 1.75. The second kappa shape index (κ2) is 4.03. The van der Waals surface area contributed by atoms with Crippen LogP contribution in [0.4, 0.5) is 10.2 Å². The van der Waals surface area contributed by atoms with E-state index < -0.39 is 0 Å². The molecule has 0 saturated heterocycles. The van der Waals surface area contributed by atoms with Crippen LogP contribution in [0.15, 0.2) is 53.1 Å². The van der Waals surface area contributed by atoms with Gasteiger partial charge in [-0.15, -0.1) is 0 Å². The van der Waals surface area contributed by atoms with E-state index in [0.717, 1.165) is 0 Å². The first-order valence-corrected chi connectivity index (χ1v) is 5.39. The zero-order valence-corrected chi connectivity index (χ0v) is 9.38. The van der Waals surface area contributed by atoms with Gasteiger partial charge in [-0.1, -0.05) is 6.07 Å². The summed E-state index contributed by atoms with van der Waals surface area (Å²) in [5.41, 5.74) is 7.05. The summed E-state index contributed by atoms with van der Waals surface area (Å²) in [7, 11) is 0. The number of nitrogen functional groups attached to an aromatic ring is 1. The number of halogens is 1. The van der Waals surface area contributed by atoms with Crippen molar-refractivity contribution in [1.29, 1.82) is 0 Å². The lowest BCUT2D eigenvalue weighted by Gasteiger charge is -2.03. The summed E-state index contributed by atoms with van der Waals surface area (Å²) in [6.45, 7) is 0. The van der Waals surface area contributed by atoms with Crippen LogP contribution in [0.5, 0.6) is 0 Å². The smallest absolute Gasteiger partial charge is 0.154 e. The number of furan rings is 1. The summed E-state index contributed by atoms with van der Waals surface area (Å²) in [6, 6.07) is 11.3. The molecule has 0 atom stereocenters. The number of nitrogens with two attached hydrogens (primary N) is 1. The highest BCUT2D eigenvalue weighted by atomic mass is 19.1. The number of aromatic nitrogens is 2. The molecule has 0 amide bonds. The second-order valence-electron chi connectivity index (χ2n) is 3.82. The van der Waals surface area contributed by atoms with Gasteiger partial charge in [0.15, 0.2) is 5.76 Å². The number of nitrogens with zero attached hydrogens (tertiary/aromatic N) is 2. The van der Waals surface area contributed by atoms with Gasteiger partial charge in [-0.25, -0.2) is 9.07 Å². The van der Waals surface area contributed by atoms with E-state index >= 15 is 0 Å². The molecule has 2 aromatic heterocycles. The summed E-state index contributed by atoms with van der Waals surface area (Å²) in [4.78, 5) is 0. The van der Waals surface area contributed by atoms with Crippen molar-refractivity contribution in [2.75, 3.05) is 5.73 Å². The molecular formula is C13H10FN3O. The molecule has 4 nitrogen and oxygen atoms in total. The first kappa shape index (κ1) is 10.6. The average Bonchev–Trinajstić information content (AvgIpc) is 2.97. The third-order valence-electron chi connectivity index (χ3n) is 2.56. The van der Waals surface area contributed by atoms with Gasteiger partial charge in [-0.05, 0) is 30.3 Å². The standard InChI is InChI=1S/C13H10FN3O/c14-9-3-1-4-10(7-9)17-13(15)8-11(16-17)12-5-2-6-18-12/h1-8H,15H2. The van der Waals surface area contributed by atoms with Crippen LogP contribution in [0.3, 0.4) is 0 Å². The Labute approximate surface area is 102 Å². The monoisotopic (exact) mass is 243 g/mol. The summed E-state index contributed by atoms with van der Waals surface area (Å²) in [6.07, 6.45) is 1.56. The molecular weight excluding hydrogens is 233 g/mol. The fraction of sp³-hybridized carbons (Fsp3) is 0. The van der Waals surface area contributed by atoms with E-state index in [9.17, 15) is 4.39 Å². The molecule has 2 heterocycles. The van der Waals surface area contributed by atoms with Crippen molar-refractivity contribution in [2.24, 2.45) is 0 Å². The number of hydrogen-bond donors (Lipinski definition) is 1. The van der Waals surface area contributed by atoms with Gasteiger partial charge < -0.3 is 10.2 Å². The first-order valence-electron chi connectivity index (χ1n) is 5.39. The van der Waals surface area contributed by atoms with E-state index in [2.05, 4.69) is 5.10 Å². The Hall–Kier alpha value is -2.56. The zero-order chi connectivity index (χ0) is 12.5. The molecule has 90 valence electrons. The highest BCUT2D eigenvalue weighted by Gasteiger charge is 2.10. The van der Waals surface area contributed by atoms with Gasteiger partial charge in [0.05, 0.1) is 12.0 Å². The summed E-state index contributed by atoms with van der Waals surface area (Å²) in [5, 5.41) is 4.29. The number of rotatable bonds is 2. The zero-order valence-electron chi connectivity index (χ0n) is 9.38. The van der Waals surface area contributed by atoms with Crippen LogP contribution in [-0.4, -0.2) is 9.78 Å². The van der Waals surface area contributed by atoms with Crippen LogP contribution >= 0.6 is 0 Å². The van der Waals surface area contributed by atoms with E-state index in [0.29, 0.717) is 23.0 Å². The molecule has 1 aromatic carbocycles. The minimum absolute atomic E-state index is 0.332. The normalized spacial score (nSPS) is 10.7. The first-order chi connectivity index (χ1) is 8.74. The van der Waals surface area contributed by atoms with Gasteiger partial charge in [-0.3, -0.25) is 0 Å². The van der Waals surface area contributed by atoms with E-state index in [1.54, 1.807) is 36.6 Å². The summed E-state index contributed by atoms with van der Waals surface area (Å²) >= 11 is 0. The van der Waals surface area contributed by atoms with Crippen molar-refractivity contribution in [3.05, 3.63) is 54.5 Å². The molecule has 5 heteroatoms. The van der Waals surface area contributed by atoms with Crippen LogP contribution in [0.25, 0.3) is 17.1 Å². The van der Waals surface area contributed by atoms with Crippen molar-refractivity contribution in [1.82, 2.24) is 9.78 Å². The van der Waals surface area contributed by atoms with E-state index in [1.807, 2.05) is 0 Å². The lowest BCUT2D eigenvalue weighted by atomic mass is 10.3. The van der Waals surface area contributed by atoms with Crippen molar-refractivity contribution in [3.63, 3.8) is 0 Å². The molecule has 3 rings (SSSR count). The van der Waals surface area contributed by atoms with Crippen molar-refractivity contribution < 1.29 is 8.81 Å².